The molecule has 0 radical (unpaired) electrons. The van der Waals surface area contributed by atoms with Crippen LogP contribution in [0.3, 0.4) is 0 Å². The Morgan fingerprint density at radius 1 is 1.09 bits per heavy atom. The smallest absolute Gasteiger partial charge is 0.365 e. The van der Waals surface area contributed by atoms with Crippen LogP contribution in [0.1, 0.15) is 34.5 Å². The average Bonchev–Trinajstić information content (AvgIpc) is 3.47. The molecule has 3 fully saturated rings. The molecule has 6 nitrogen and oxygen atoms in total. The minimum Gasteiger partial charge on any atom is -0.365 e. The lowest BCUT2D eigenvalue weighted by Gasteiger charge is -2.48. The average molecular weight is 465 g/mol. The van der Waals surface area contributed by atoms with Crippen molar-refractivity contribution in [3.8, 4) is 11.3 Å². The van der Waals surface area contributed by atoms with Gasteiger partial charge in [0.25, 0.3) is 5.91 Å². The molecule has 0 bridgehead atoms. The summed E-state index contributed by atoms with van der Waals surface area (Å²) in [6.07, 6.45) is 1.71. The topological polar surface area (TPSA) is 71.0 Å². The molecule has 3 aliphatic rings. The number of hydrogen-bond donors (Lipinski definition) is 1. The predicted octanol–water partition coefficient (Wildman–Crippen LogP) is 4.58. The van der Waals surface area contributed by atoms with Crippen molar-refractivity contribution in [1.82, 2.24) is 19.9 Å². The van der Waals surface area contributed by atoms with Crippen LogP contribution in [0.4, 0.5) is 19.0 Å². The second kappa shape index (κ2) is 7.25. The van der Waals surface area contributed by atoms with E-state index in [4.69, 9.17) is 0 Å². The number of piperidine rings is 1. The first-order valence-electron chi connectivity index (χ1n) is 11.3. The summed E-state index contributed by atoms with van der Waals surface area (Å²) in [5, 5.41) is 3.27. The van der Waals surface area contributed by atoms with E-state index in [-0.39, 0.29) is 23.4 Å². The van der Waals surface area contributed by atoms with Crippen LogP contribution in [-0.4, -0.2) is 44.4 Å². The second-order valence-corrected chi connectivity index (χ2v) is 9.49. The minimum absolute atomic E-state index is 0.0343. The quantitative estimate of drug-likeness (QED) is 0.611. The Bertz CT molecular complexity index is 1260. The number of hydrogen-bond acceptors (Lipinski definition) is 5. The van der Waals surface area contributed by atoms with Gasteiger partial charge in [-0.1, -0.05) is 6.07 Å². The maximum Gasteiger partial charge on any atom is 0.417 e. The maximum atomic E-state index is 13.8. The van der Waals surface area contributed by atoms with Gasteiger partial charge < -0.3 is 10.2 Å². The number of amides is 1. The summed E-state index contributed by atoms with van der Waals surface area (Å²) in [6, 6.07) is 9.72. The summed E-state index contributed by atoms with van der Waals surface area (Å²) in [7, 11) is 0. The van der Waals surface area contributed by atoms with Crippen LogP contribution in [-0.2, 0) is 6.18 Å². The Kier molecular flexibility index (Phi) is 4.49. The third-order valence-electron chi connectivity index (χ3n) is 7.57. The third kappa shape index (κ3) is 3.17. The molecular weight excluding hydrogens is 443 g/mol. The van der Waals surface area contributed by atoms with Gasteiger partial charge in [-0.3, -0.25) is 14.8 Å². The zero-order chi connectivity index (χ0) is 23.7. The number of carbonyl (C=O) groups excluding carboxylic acids is 1. The molecule has 1 aliphatic heterocycles. The Balaban J connectivity index is 1.27. The Morgan fingerprint density at radius 2 is 1.94 bits per heavy atom. The van der Waals surface area contributed by atoms with E-state index < -0.39 is 11.7 Å². The van der Waals surface area contributed by atoms with Crippen molar-refractivity contribution >= 4 is 11.7 Å². The lowest BCUT2D eigenvalue weighted by atomic mass is 9.71. The van der Waals surface area contributed by atoms with E-state index in [0.29, 0.717) is 29.7 Å². The van der Waals surface area contributed by atoms with Crippen LogP contribution in [0.25, 0.3) is 11.3 Å². The SMILES string of the molecule is Cc1ccnc(C(=O)N2CC3CC34CC(Nc3ccc(C(F)(F)F)cn3)C24)c1-c1ccccn1. The van der Waals surface area contributed by atoms with Crippen LogP contribution in [0, 0.1) is 18.3 Å². The highest BCUT2D eigenvalue weighted by atomic mass is 19.4. The van der Waals surface area contributed by atoms with Gasteiger partial charge in [-0.15, -0.1) is 0 Å². The lowest BCUT2D eigenvalue weighted by Crippen LogP contribution is -2.60. The summed E-state index contributed by atoms with van der Waals surface area (Å²) in [6.45, 7) is 2.61. The highest BCUT2D eigenvalue weighted by Crippen LogP contribution is 2.71. The number of nitrogens with one attached hydrogen (secondary N) is 1. The fourth-order valence-corrected chi connectivity index (χ4v) is 5.89. The number of anilines is 1. The molecule has 3 aromatic rings. The summed E-state index contributed by atoms with van der Waals surface area (Å²) in [5.74, 6) is 0.711. The molecule has 4 unspecified atom stereocenters. The largest absolute Gasteiger partial charge is 0.417 e. The van der Waals surface area contributed by atoms with Crippen molar-refractivity contribution in [3.05, 3.63) is 71.8 Å². The van der Waals surface area contributed by atoms with E-state index >= 15 is 0 Å². The van der Waals surface area contributed by atoms with Crippen molar-refractivity contribution in [2.24, 2.45) is 11.3 Å². The van der Waals surface area contributed by atoms with Gasteiger partial charge in [0.1, 0.15) is 11.5 Å². The molecular formula is C25H22F3N5O. The first-order valence-corrected chi connectivity index (χ1v) is 11.3. The highest BCUT2D eigenvalue weighted by Gasteiger charge is 2.75. The fraction of sp³-hybridized carbons (Fsp3) is 0.360. The van der Waals surface area contributed by atoms with Crippen molar-refractivity contribution in [2.45, 2.75) is 38.0 Å². The number of carbonyl (C=O) groups is 1. The molecule has 4 atom stereocenters. The van der Waals surface area contributed by atoms with Gasteiger partial charge in [-0.25, -0.2) is 4.98 Å². The van der Waals surface area contributed by atoms with Crippen molar-refractivity contribution in [3.63, 3.8) is 0 Å². The van der Waals surface area contributed by atoms with Crippen LogP contribution >= 0.6 is 0 Å². The van der Waals surface area contributed by atoms with Crippen LogP contribution < -0.4 is 5.32 Å². The highest BCUT2D eigenvalue weighted by molar-refractivity contribution is 6.00. The fourth-order valence-electron chi connectivity index (χ4n) is 5.89. The molecule has 3 aromatic heterocycles. The molecule has 1 amide bonds. The van der Waals surface area contributed by atoms with E-state index in [0.717, 1.165) is 36.2 Å². The van der Waals surface area contributed by atoms with E-state index in [1.807, 2.05) is 36.1 Å². The van der Waals surface area contributed by atoms with Crippen LogP contribution in [0.5, 0.6) is 0 Å². The third-order valence-corrected chi connectivity index (χ3v) is 7.57. The van der Waals surface area contributed by atoms with Crippen molar-refractivity contribution in [2.75, 3.05) is 11.9 Å². The molecule has 4 heterocycles. The minimum atomic E-state index is -4.42. The molecule has 2 saturated carbocycles. The zero-order valence-corrected chi connectivity index (χ0v) is 18.4. The molecule has 34 heavy (non-hydrogen) atoms. The number of rotatable bonds is 4. The monoisotopic (exact) mass is 465 g/mol. The first kappa shape index (κ1) is 21.1. The zero-order valence-electron chi connectivity index (χ0n) is 18.4. The van der Waals surface area contributed by atoms with E-state index in [2.05, 4.69) is 20.3 Å². The molecule has 6 rings (SSSR count). The normalized spacial score (nSPS) is 26.9. The number of pyridine rings is 3. The number of halogens is 3. The van der Waals surface area contributed by atoms with Gasteiger partial charge in [0.15, 0.2) is 0 Å². The maximum absolute atomic E-state index is 13.8. The van der Waals surface area contributed by atoms with Gasteiger partial charge in [-0.05, 0) is 67.0 Å². The standard InChI is InChI=1S/C25H22F3N5O/c1-14-7-9-30-21(20(14)17-4-2-3-8-29-17)23(34)33-13-16-10-24(16)11-18(22(24)33)32-19-6-5-15(12-31-19)25(26,27)28/h2-9,12,16,18,22H,10-11,13H2,1H3,(H,31,32). The van der Waals surface area contributed by atoms with Gasteiger partial charge in [0.05, 0.1) is 17.3 Å². The number of likely N-dealkylation sites (tertiary alicyclic amines) is 1. The van der Waals surface area contributed by atoms with Crippen molar-refractivity contribution < 1.29 is 18.0 Å². The lowest BCUT2D eigenvalue weighted by molar-refractivity contribution is -0.137. The van der Waals surface area contributed by atoms with Gasteiger partial charge in [0, 0.05) is 36.7 Å². The predicted molar refractivity (Wildman–Crippen MR) is 119 cm³/mol. The van der Waals surface area contributed by atoms with Gasteiger partial charge in [-0.2, -0.15) is 13.2 Å². The second-order valence-electron chi connectivity index (χ2n) is 9.49. The Morgan fingerprint density at radius 3 is 2.65 bits per heavy atom. The molecule has 1 spiro atoms. The van der Waals surface area contributed by atoms with E-state index in [1.54, 1.807) is 12.4 Å². The number of aryl methyl sites for hydroxylation is 1. The summed E-state index contributed by atoms with van der Waals surface area (Å²) >= 11 is 0. The molecule has 2 aliphatic carbocycles. The summed E-state index contributed by atoms with van der Waals surface area (Å²) < 4.78 is 38.6. The molecule has 0 aromatic carbocycles. The summed E-state index contributed by atoms with van der Waals surface area (Å²) in [4.78, 5) is 28.5. The van der Waals surface area contributed by atoms with E-state index in [1.165, 1.54) is 6.07 Å². The number of nitrogens with zero attached hydrogens (tertiary/aromatic N) is 4. The van der Waals surface area contributed by atoms with E-state index in [9.17, 15) is 18.0 Å². The van der Waals surface area contributed by atoms with Crippen LogP contribution in [0.15, 0.2) is 55.0 Å². The first-order chi connectivity index (χ1) is 16.3. The number of aromatic nitrogens is 3. The summed E-state index contributed by atoms with van der Waals surface area (Å²) in [5.41, 5.74) is 2.06. The molecule has 1 N–H and O–H groups in total. The number of alkyl halides is 3. The molecule has 9 heteroatoms. The Labute approximate surface area is 194 Å². The van der Waals surface area contributed by atoms with Gasteiger partial charge >= 0.3 is 6.18 Å². The molecule has 174 valence electrons. The molecule has 1 saturated heterocycles. The Hall–Kier alpha value is -3.49. The van der Waals surface area contributed by atoms with Crippen molar-refractivity contribution in [1.29, 1.82) is 0 Å². The van der Waals surface area contributed by atoms with Gasteiger partial charge in [0.2, 0.25) is 0 Å². The van der Waals surface area contributed by atoms with Crippen LogP contribution in [0.2, 0.25) is 0 Å².